The Morgan fingerprint density at radius 2 is 2.36 bits per heavy atom. The molecule has 0 saturated carbocycles. The molecule has 5 heteroatoms. The van der Waals surface area contributed by atoms with E-state index in [9.17, 15) is 13.6 Å². The standard InChI is InChI=1S/C6H11NO3S/c1-2-3-6(8)7-4-5-11(9)10/h2-3H,4-5H2,1H3,(H,7,8)(H,9,10)/p-1. The highest BCUT2D eigenvalue weighted by atomic mass is 32.2. The van der Waals surface area contributed by atoms with Gasteiger partial charge in [0.05, 0.1) is 0 Å². The molecule has 0 aromatic rings. The van der Waals surface area contributed by atoms with Crippen LogP contribution in [0.15, 0.2) is 12.2 Å². The summed E-state index contributed by atoms with van der Waals surface area (Å²) in [6.45, 7) is 1.88. The molecule has 1 atom stereocenters. The average Bonchev–Trinajstić information content (AvgIpc) is 1.87. The van der Waals surface area contributed by atoms with Gasteiger partial charge in [-0.15, -0.1) is 0 Å². The number of carbonyl (C=O) groups excluding carboxylic acids is 1. The lowest BCUT2D eigenvalue weighted by Crippen LogP contribution is -2.25. The first-order valence-corrected chi connectivity index (χ1v) is 4.37. The molecule has 0 aliphatic heterocycles. The van der Waals surface area contributed by atoms with Gasteiger partial charge in [0, 0.05) is 12.3 Å². The van der Waals surface area contributed by atoms with E-state index in [1.807, 2.05) is 0 Å². The maximum absolute atomic E-state index is 10.6. The number of carbonyl (C=O) groups is 1. The van der Waals surface area contributed by atoms with Crippen molar-refractivity contribution in [3.8, 4) is 0 Å². The van der Waals surface area contributed by atoms with Crippen molar-refractivity contribution in [3.05, 3.63) is 12.2 Å². The number of rotatable bonds is 4. The zero-order valence-electron chi connectivity index (χ0n) is 6.20. The zero-order valence-corrected chi connectivity index (χ0v) is 7.02. The summed E-state index contributed by atoms with van der Waals surface area (Å²) in [6.07, 6.45) is 2.93. The lowest BCUT2D eigenvalue weighted by molar-refractivity contribution is -0.116. The van der Waals surface area contributed by atoms with Gasteiger partial charge in [-0.1, -0.05) is 17.2 Å². The maximum Gasteiger partial charge on any atom is 0.243 e. The molecule has 0 aromatic carbocycles. The molecular formula is C6H10NO3S-. The van der Waals surface area contributed by atoms with Crippen molar-refractivity contribution in [3.63, 3.8) is 0 Å². The maximum atomic E-state index is 10.6. The molecule has 1 unspecified atom stereocenters. The first-order chi connectivity index (χ1) is 5.16. The van der Waals surface area contributed by atoms with Crippen LogP contribution in [0.4, 0.5) is 0 Å². The highest BCUT2D eigenvalue weighted by Gasteiger charge is 1.91. The molecule has 4 nitrogen and oxygen atoms in total. The van der Waals surface area contributed by atoms with Crippen LogP contribution in [0.5, 0.6) is 0 Å². The molecule has 0 rings (SSSR count). The molecular weight excluding hydrogens is 166 g/mol. The molecule has 0 aromatic heterocycles. The van der Waals surface area contributed by atoms with E-state index in [1.54, 1.807) is 13.0 Å². The molecule has 0 spiro atoms. The Labute approximate surface area is 68.0 Å². The van der Waals surface area contributed by atoms with E-state index in [-0.39, 0.29) is 18.2 Å². The van der Waals surface area contributed by atoms with E-state index in [1.165, 1.54) is 6.08 Å². The van der Waals surface area contributed by atoms with Crippen molar-refractivity contribution >= 4 is 17.0 Å². The fraction of sp³-hybridized carbons (Fsp3) is 0.500. The Morgan fingerprint density at radius 3 is 2.82 bits per heavy atom. The minimum Gasteiger partial charge on any atom is -0.772 e. The lowest BCUT2D eigenvalue weighted by Gasteiger charge is -2.04. The van der Waals surface area contributed by atoms with E-state index >= 15 is 0 Å². The summed E-state index contributed by atoms with van der Waals surface area (Å²) < 4.78 is 19.9. The predicted molar refractivity (Wildman–Crippen MR) is 41.6 cm³/mol. The number of allylic oxidation sites excluding steroid dienone is 1. The lowest BCUT2D eigenvalue weighted by atomic mass is 10.5. The summed E-state index contributed by atoms with van der Waals surface area (Å²) >= 11 is -2.07. The molecule has 0 aliphatic rings. The van der Waals surface area contributed by atoms with Crippen molar-refractivity contribution in [2.24, 2.45) is 0 Å². The topological polar surface area (TPSA) is 69.2 Å². The van der Waals surface area contributed by atoms with Crippen molar-refractivity contribution in [1.82, 2.24) is 5.32 Å². The third-order valence-electron chi connectivity index (χ3n) is 0.886. The van der Waals surface area contributed by atoms with Crippen LogP contribution in [-0.2, 0) is 15.9 Å². The average molecular weight is 176 g/mol. The van der Waals surface area contributed by atoms with Gasteiger partial charge in [0.2, 0.25) is 5.91 Å². The fourth-order valence-electron chi connectivity index (χ4n) is 0.468. The third-order valence-corrected chi connectivity index (χ3v) is 1.42. The number of hydrogen-bond acceptors (Lipinski definition) is 3. The molecule has 1 N–H and O–H groups in total. The quantitative estimate of drug-likeness (QED) is 0.466. The minimum absolute atomic E-state index is 0.0384. The van der Waals surface area contributed by atoms with Crippen LogP contribution in [0.2, 0.25) is 0 Å². The fourth-order valence-corrected chi connectivity index (χ4v) is 0.737. The van der Waals surface area contributed by atoms with Gasteiger partial charge in [0.25, 0.3) is 0 Å². The first kappa shape index (κ1) is 10.3. The molecule has 0 radical (unpaired) electrons. The Balaban J connectivity index is 3.39. The number of nitrogens with one attached hydrogen (secondary N) is 1. The minimum atomic E-state index is -2.07. The largest absolute Gasteiger partial charge is 0.772 e. The third kappa shape index (κ3) is 7.21. The van der Waals surface area contributed by atoms with Gasteiger partial charge in [-0.25, -0.2) is 0 Å². The van der Waals surface area contributed by atoms with Crippen LogP contribution in [0, 0.1) is 0 Å². The number of amides is 1. The van der Waals surface area contributed by atoms with Gasteiger partial charge in [-0.05, 0) is 13.0 Å². The van der Waals surface area contributed by atoms with Gasteiger partial charge in [-0.2, -0.15) is 0 Å². The molecule has 64 valence electrons. The Hall–Kier alpha value is -0.680. The van der Waals surface area contributed by atoms with Crippen LogP contribution in [0.1, 0.15) is 6.92 Å². The van der Waals surface area contributed by atoms with Crippen molar-refractivity contribution in [1.29, 1.82) is 0 Å². The van der Waals surface area contributed by atoms with Gasteiger partial charge in [0.15, 0.2) is 0 Å². The molecule has 0 aliphatic carbocycles. The van der Waals surface area contributed by atoms with Crippen LogP contribution in [0.25, 0.3) is 0 Å². The highest BCUT2D eigenvalue weighted by Crippen LogP contribution is 1.74. The summed E-state index contributed by atoms with van der Waals surface area (Å²) in [5, 5.41) is 2.40. The normalized spacial score (nSPS) is 13.3. The SMILES string of the molecule is CC=CC(=O)NCCS(=O)[O-]. The molecule has 0 fully saturated rings. The van der Waals surface area contributed by atoms with E-state index in [0.717, 1.165) is 0 Å². The Morgan fingerprint density at radius 1 is 1.73 bits per heavy atom. The molecule has 11 heavy (non-hydrogen) atoms. The van der Waals surface area contributed by atoms with Crippen LogP contribution >= 0.6 is 0 Å². The van der Waals surface area contributed by atoms with Crippen molar-refractivity contribution < 1.29 is 13.6 Å². The van der Waals surface area contributed by atoms with Crippen LogP contribution < -0.4 is 5.32 Å². The zero-order chi connectivity index (χ0) is 8.69. The summed E-state index contributed by atoms with van der Waals surface area (Å²) in [5.41, 5.74) is 0. The highest BCUT2D eigenvalue weighted by molar-refractivity contribution is 7.79. The summed E-state index contributed by atoms with van der Waals surface area (Å²) in [5.74, 6) is -0.304. The summed E-state index contributed by atoms with van der Waals surface area (Å²) in [6, 6.07) is 0. The second kappa shape index (κ2) is 6.06. The van der Waals surface area contributed by atoms with E-state index in [2.05, 4.69) is 5.32 Å². The Bertz CT molecular complexity index is 179. The van der Waals surface area contributed by atoms with Crippen molar-refractivity contribution in [2.75, 3.05) is 12.3 Å². The van der Waals surface area contributed by atoms with E-state index in [0.29, 0.717) is 0 Å². The van der Waals surface area contributed by atoms with Gasteiger partial charge in [0.1, 0.15) is 0 Å². The molecule has 0 bridgehead atoms. The summed E-state index contributed by atoms with van der Waals surface area (Å²) in [7, 11) is 0. The molecule has 0 saturated heterocycles. The first-order valence-electron chi connectivity index (χ1n) is 3.13. The van der Waals surface area contributed by atoms with E-state index in [4.69, 9.17) is 0 Å². The molecule has 1 amide bonds. The van der Waals surface area contributed by atoms with Crippen LogP contribution in [0.3, 0.4) is 0 Å². The Kier molecular flexibility index (Phi) is 5.68. The second-order valence-electron chi connectivity index (χ2n) is 1.80. The van der Waals surface area contributed by atoms with Gasteiger partial charge >= 0.3 is 0 Å². The van der Waals surface area contributed by atoms with E-state index < -0.39 is 11.1 Å². The second-order valence-corrected chi connectivity index (χ2v) is 2.81. The van der Waals surface area contributed by atoms with Gasteiger partial charge in [-0.3, -0.25) is 9.00 Å². The summed E-state index contributed by atoms with van der Waals surface area (Å²) in [4.78, 5) is 10.6. The predicted octanol–water partition coefficient (Wildman–Crippen LogP) is -0.442. The molecule has 0 heterocycles. The van der Waals surface area contributed by atoms with Crippen LogP contribution in [-0.4, -0.2) is 27.0 Å². The number of hydrogen-bond donors (Lipinski definition) is 1. The van der Waals surface area contributed by atoms with Crippen molar-refractivity contribution in [2.45, 2.75) is 6.92 Å². The smallest absolute Gasteiger partial charge is 0.243 e. The monoisotopic (exact) mass is 176 g/mol. The van der Waals surface area contributed by atoms with Gasteiger partial charge < -0.3 is 9.87 Å².